The maximum Gasteiger partial charge on any atom is 0.258 e. The molecule has 1 fully saturated rings. The lowest BCUT2D eigenvalue weighted by atomic mass is 10.1. The molecule has 0 aliphatic carbocycles. The van der Waals surface area contributed by atoms with Gasteiger partial charge in [-0.05, 0) is 38.0 Å². The molecular formula is C25H23N5O3. The molecule has 8 nitrogen and oxygen atoms in total. The lowest BCUT2D eigenvalue weighted by Gasteiger charge is -2.25. The second kappa shape index (κ2) is 9.20. The molecule has 0 N–H and O–H groups in total. The van der Waals surface area contributed by atoms with E-state index in [4.69, 9.17) is 14.3 Å². The van der Waals surface area contributed by atoms with E-state index in [0.29, 0.717) is 35.1 Å². The number of carbonyl (C=O) groups excluding carboxylic acids is 1. The Hall–Kier alpha value is -4.07. The van der Waals surface area contributed by atoms with Crippen LogP contribution in [-0.2, 0) is 6.61 Å². The third kappa shape index (κ3) is 4.32. The van der Waals surface area contributed by atoms with Gasteiger partial charge in [-0.25, -0.2) is 14.6 Å². The monoisotopic (exact) mass is 441 g/mol. The summed E-state index contributed by atoms with van der Waals surface area (Å²) in [4.78, 5) is 24.7. The van der Waals surface area contributed by atoms with E-state index in [1.54, 1.807) is 25.3 Å². The highest BCUT2D eigenvalue weighted by Gasteiger charge is 2.33. The SMILES string of the molecule is Cc1nonc1COc1ccccc1C(=O)N1CCCC1c1ccnc(-c2ccccc2)n1. The Bertz CT molecular complexity index is 1260. The number of hydrogen-bond acceptors (Lipinski definition) is 7. The predicted molar refractivity (Wildman–Crippen MR) is 120 cm³/mol. The fourth-order valence-electron chi connectivity index (χ4n) is 4.05. The van der Waals surface area contributed by atoms with Crippen molar-refractivity contribution in [3.63, 3.8) is 0 Å². The number of para-hydroxylation sites is 1. The maximum atomic E-state index is 13.6. The quantitative estimate of drug-likeness (QED) is 0.438. The highest BCUT2D eigenvalue weighted by molar-refractivity contribution is 5.97. The fraction of sp³-hybridized carbons (Fsp3) is 0.240. The third-order valence-electron chi connectivity index (χ3n) is 5.79. The van der Waals surface area contributed by atoms with Gasteiger partial charge in [0.1, 0.15) is 23.7 Å². The summed E-state index contributed by atoms with van der Waals surface area (Å²) in [5.41, 5.74) is 3.57. The van der Waals surface area contributed by atoms with Crippen molar-refractivity contribution < 1.29 is 14.2 Å². The molecule has 1 aliphatic rings. The van der Waals surface area contributed by atoms with Crippen molar-refractivity contribution in [1.82, 2.24) is 25.2 Å². The largest absolute Gasteiger partial charge is 0.486 e. The van der Waals surface area contributed by atoms with Crippen molar-refractivity contribution in [3.8, 4) is 17.1 Å². The molecule has 1 aliphatic heterocycles. The summed E-state index contributed by atoms with van der Waals surface area (Å²) in [7, 11) is 0. The van der Waals surface area contributed by atoms with Gasteiger partial charge in [0.25, 0.3) is 5.91 Å². The van der Waals surface area contributed by atoms with Crippen molar-refractivity contribution in [2.45, 2.75) is 32.4 Å². The lowest BCUT2D eigenvalue weighted by molar-refractivity contribution is 0.0728. The van der Waals surface area contributed by atoms with Gasteiger partial charge in [-0.1, -0.05) is 52.8 Å². The number of hydrogen-bond donors (Lipinski definition) is 0. The van der Waals surface area contributed by atoms with E-state index >= 15 is 0 Å². The van der Waals surface area contributed by atoms with Crippen LogP contribution in [0.3, 0.4) is 0 Å². The van der Waals surface area contributed by atoms with Crippen LogP contribution in [0.25, 0.3) is 11.4 Å². The summed E-state index contributed by atoms with van der Waals surface area (Å²) in [5, 5.41) is 7.62. The molecule has 0 bridgehead atoms. The van der Waals surface area contributed by atoms with Crippen LogP contribution in [0.1, 0.15) is 46.3 Å². The molecule has 8 heteroatoms. The van der Waals surface area contributed by atoms with E-state index in [-0.39, 0.29) is 18.6 Å². The van der Waals surface area contributed by atoms with Crippen LogP contribution < -0.4 is 4.74 Å². The molecule has 33 heavy (non-hydrogen) atoms. The number of aromatic nitrogens is 4. The minimum absolute atomic E-state index is 0.0806. The van der Waals surface area contributed by atoms with Crippen molar-refractivity contribution in [1.29, 1.82) is 0 Å². The zero-order valence-electron chi connectivity index (χ0n) is 18.2. The van der Waals surface area contributed by atoms with Crippen molar-refractivity contribution >= 4 is 5.91 Å². The van der Waals surface area contributed by atoms with Crippen LogP contribution in [0.15, 0.2) is 71.5 Å². The normalized spacial score (nSPS) is 15.5. The first kappa shape index (κ1) is 20.8. The first-order valence-electron chi connectivity index (χ1n) is 10.9. The average molecular weight is 441 g/mol. The summed E-state index contributed by atoms with van der Waals surface area (Å²) in [6, 6.07) is 18.9. The maximum absolute atomic E-state index is 13.6. The van der Waals surface area contributed by atoms with Crippen LogP contribution in [0.5, 0.6) is 5.75 Å². The summed E-state index contributed by atoms with van der Waals surface area (Å²) < 4.78 is 10.7. The van der Waals surface area contributed by atoms with Crippen LogP contribution in [0, 0.1) is 6.92 Å². The van der Waals surface area contributed by atoms with E-state index in [0.717, 1.165) is 24.1 Å². The second-order valence-electron chi connectivity index (χ2n) is 7.91. The summed E-state index contributed by atoms with van der Waals surface area (Å²) in [6.45, 7) is 2.64. The number of benzene rings is 2. The summed E-state index contributed by atoms with van der Waals surface area (Å²) in [6.07, 6.45) is 3.52. The van der Waals surface area contributed by atoms with Gasteiger partial charge in [-0.15, -0.1) is 0 Å². The average Bonchev–Trinajstić information content (AvgIpc) is 3.52. The van der Waals surface area contributed by atoms with Gasteiger partial charge in [0.05, 0.1) is 17.3 Å². The summed E-state index contributed by atoms with van der Waals surface area (Å²) in [5.74, 6) is 1.08. The molecule has 0 spiro atoms. The minimum atomic E-state index is -0.113. The molecule has 4 aromatic rings. The minimum Gasteiger partial charge on any atom is -0.486 e. The number of likely N-dealkylation sites (tertiary alicyclic amines) is 1. The van der Waals surface area contributed by atoms with Crippen LogP contribution in [0.4, 0.5) is 0 Å². The Labute approximate surface area is 191 Å². The topological polar surface area (TPSA) is 94.2 Å². The van der Waals surface area contributed by atoms with Crippen molar-refractivity contribution in [3.05, 3.63) is 89.5 Å². The Balaban J connectivity index is 1.39. The molecule has 0 radical (unpaired) electrons. The van der Waals surface area contributed by atoms with Gasteiger partial charge >= 0.3 is 0 Å². The molecule has 1 unspecified atom stereocenters. The van der Waals surface area contributed by atoms with Crippen LogP contribution >= 0.6 is 0 Å². The van der Waals surface area contributed by atoms with Crippen molar-refractivity contribution in [2.24, 2.45) is 0 Å². The number of nitrogens with zero attached hydrogens (tertiary/aromatic N) is 5. The Morgan fingerprint density at radius 2 is 1.91 bits per heavy atom. The van der Waals surface area contributed by atoms with Gasteiger partial charge in [0, 0.05) is 18.3 Å². The third-order valence-corrected chi connectivity index (χ3v) is 5.79. The van der Waals surface area contributed by atoms with Crippen LogP contribution in [0.2, 0.25) is 0 Å². The van der Waals surface area contributed by atoms with Crippen LogP contribution in [-0.4, -0.2) is 37.6 Å². The lowest BCUT2D eigenvalue weighted by Crippen LogP contribution is -2.31. The van der Waals surface area contributed by atoms with Gasteiger partial charge in [0.2, 0.25) is 0 Å². The highest BCUT2D eigenvalue weighted by atomic mass is 16.6. The summed E-state index contributed by atoms with van der Waals surface area (Å²) >= 11 is 0. The Kier molecular flexibility index (Phi) is 5.80. The van der Waals surface area contributed by atoms with E-state index in [9.17, 15) is 4.79 Å². The molecule has 3 heterocycles. The number of ether oxygens (including phenoxy) is 1. The molecule has 2 aromatic carbocycles. The molecule has 1 amide bonds. The van der Waals surface area contributed by atoms with Gasteiger partial charge in [-0.3, -0.25) is 4.79 Å². The first-order chi connectivity index (χ1) is 16.2. The first-order valence-corrected chi connectivity index (χ1v) is 10.9. The molecule has 5 rings (SSSR count). The molecule has 166 valence electrons. The number of amides is 1. The molecule has 0 saturated carbocycles. The second-order valence-corrected chi connectivity index (χ2v) is 7.91. The zero-order valence-corrected chi connectivity index (χ0v) is 18.2. The molecule has 1 atom stereocenters. The Morgan fingerprint density at radius 3 is 2.73 bits per heavy atom. The predicted octanol–water partition coefficient (Wildman–Crippen LogP) is 4.39. The van der Waals surface area contributed by atoms with E-state index < -0.39 is 0 Å². The number of carbonyl (C=O) groups is 1. The zero-order chi connectivity index (χ0) is 22.6. The van der Waals surface area contributed by atoms with Gasteiger partial charge < -0.3 is 9.64 Å². The van der Waals surface area contributed by atoms with E-state index in [2.05, 4.69) is 15.3 Å². The van der Waals surface area contributed by atoms with Gasteiger partial charge in [0.15, 0.2) is 5.82 Å². The Morgan fingerprint density at radius 1 is 1.09 bits per heavy atom. The highest BCUT2D eigenvalue weighted by Crippen LogP contribution is 2.34. The molecular weight excluding hydrogens is 418 g/mol. The number of rotatable bonds is 6. The van der Waals surface area contributed by atoms with Crippen molar-refractivity contribution in [2.75, 3.05) is 6.54 Å². The van der Waals surface area contributed by atoms with E-state index in [1.165, 1.54) is 0 Å². The standard InChI is InChI=1S/C25H23N5O3/c1-17-21(29-33-28-17)16-32-23-12-6-5-10-19(23)25(31)30-15-7-11-22(30)20-13-14-26-24(27-20)18-8-3-2-4-9-18/h2-6,8-10,12-14,22H,7,11,15-16H2,1H3. The molecule has 1 saturated heterocycles. The smallest absolute Gasteiger partial charge is 0.258 e. The molecule has 2 aromatic heterocycles. The van der Waals surface area contributed by atoms with E-state index in [1.807, 2.05) is 53.4 Å². The fourth-order valence-corrected chi connectivity index (χ4v) is 4.05. The van der Waals surface area contributed by atoms with Gasteiger partial charge in [-0.2, -0.15) is 0 Å². The number of aryl methyl sites for hydroxylation is 1.